The summed E-state index contributed by atoms with van der Waals surface area (Å²) in [7, 11) is 0. The van der Waals surface area contributed by atoms with Crippen LogP contribution in [0.15, 0.2) is 53.5 Å². The van der Waals surface area contributed by atoms with Crippen LogP contribution in [0.1, 0.15) is 35.7 Å². The maximum Gasteiger partial charge on any atom is 0.257 e. The van der Waals surface area contributed by atoms with Crippen molar-refractivity contribution in [2.75, 3.05) is 44.7 Å². The third-order valence-electron chi connectivity index (χ3n) is 4.97. The second-order valence-electron chi connectivity index (χ2n) is 7.55. The van der Waals surface area contributed by atoms with Gasteiger partial charge in [-0.3, -0.25) is 20.0 Å². The van der Waals surface area contributed by atoms with Gasteiger partial charge in [0.1, 0.15) is 0 Å². The molecule has 0 spiro atoms. The highest BCUT2D eigenvalue weighted by Gasteiger charge is 2.12. The highest BCUT2D eigenvalue weighted by atomic mass is 35.5. The molecule has 0 saturated carbocycles. The second-order valence-corrected chi connectivity index (χ2v) is 7.98. The van der Waals surface area contributed by atoms with Gasteiger partial charge in [0, 0.05) is 35.9 Å². The first-order chi connectivity index (χ1) is 14.5. The summed E-state index contributed by atoms with van der Waals surface area (Å²) in [4.78, 5) is 19.6. The number of rotatable bonds is 6. The lowest BCUT2D eigenvalue weighted by Gasteiger charge is -2.25. The zero-order valence-electron chi connectivity index (χ0n) is 17.5. The minimum atomic E-state index is -0.233. The average Bonchev–Trinajstić information content (AvgIpc) is 2.75. The number of hydrogen-bond acceptors (Lipinski definition) is 4. The normalized spacial score (nSPS) is 15.3. The fraction of sp³-hybridized carbons (Fsp3) is 0.391. The van der Waals surface area contributed by atoms with Crippen molar-refractivity contribution in [1.82, 2.24) is 10.2 Å². The third-order valence-corrected chi connectivity index (χ3v) is 5.22. The zero-order valence-corrected chi connectivity index (χ0v) is 18.3. The fourth-order valence-corrected chi connectivity index (χ4v) is 3.23. The maximum absolute atomic E-state index is 12.7. The van der Waals surface area contributed by atoms with E-state index < -0.39 is 0 Å². The smallest absolute Gasteiger partial charge is 0.257 e. The van der Waals surface area contributed by atoms with Crippen LogP contribution in [-0.2, 0) is 4.74 Å². The summed E-state index contributed by atoms with van der Waals surface area (Å²) in [6.45, 7) is 9.04. The first-order valence-corrected chi connectivity index (χ1v) is 10.7. The predicted octanol–water partition coefficient (Wildman–Crippen LogP) is 3.99. The summed E-state index contributed by atoms with van der Waals surface area (Å²) in [5.41, 5.74) is 2.66. The van der Waals surface area contributed by atoms with Crippen LogP contribution in [0.25, 0.3) is 0 Å². The topological polar surface area (TPSA) is 66.0 Å². The summed E-state index contributed by atoms with van der Waals surface area (Å²) in [6, 6.07) is 15.0. The highest BCUT2D eigenvalue weighted by Crippen LogP contribution is 2.17. The monoisotopic (exact) mass is 428 g/mol. The molecule has 0 aliphatic carbocycles. The molecule has 30 heavy (non-hydrogen) atoms. The van der Waals surface area contributed by atoms with Crippen molar-refractivity contribution in [3.63, 3.8) is 0 Å². The zero-order chi connectivity index (χ0) is 21.3. The average molecular weight is 429 g/mol. The first-order valence-electron chi connectivity index (χ1n) is 10.3. The van der Waals surface area contributed by atoms with Gasteiger partial charge in [-0.25, -0.2) is 0 Å². The Bertz CT molecular complexity index is 845. The molecule has 7 heteroatoms. The molecule has 2 aromatic carbocycles. The molecule has 1 aliphatic heterocycles. The number of carbonyl (C=O) groups is 1. The number of morpholine rings is 1. The summed E-state index contributed by atoms with van der Waals surface area (Å²) in [5, 5.41) is 6.73. The molecule has 3 rings (SSSR count). The Labute approximate surface area is 183 Å². The number of aliphatic imine (C=N–C) groups is 1. The van der Waals surface area contributed by atoms with Crippen molar-refractivity contribution >= 4 is 29.2 Å². The SMILES string of the molecule is CC(C)c1ccc(NC(=NCCN2CCOCC2)NC(=O)c2ccc(Cl)cc2)cc1. The van der Waals surface area contributed by atoms with E-state index in [9.17, 15) is 4.79 Å². The summed E-state index contributed by atoms with van der Waals surface area (Å²) >= 11 is 5.93. The van der Waals surface area contributed by atoms with Gasteiger partial charge in [-0.1, -0.05) is 37.6 Å². The van der Waals surface area contributed by atoms with E-state index >= 15 is 0 Å². The molecule has 2 N–H and O–H groups in total. The minimum absolute atomic E-state index is 0.233. The van der Waals surface area contributed by atoms with Gasteiger partial charge in [0.25, 0.3) is 5.91 Å². The van der Waals surface area contributed by atoms with Crippen molar-refractivity contribution in [2.24, 2.45) is 4.99 Å². The van der Waals surface area contributed by atoms with E-state index in [2.05, 4.69) is 46.5 Å². The Morgan fingerprint density at radius 2 is 1.77 bits per heavy atom. The maximum atomic E-state index is 12.7. The van der Waals surface area contributed by atoms with Crippen molar-refractivity contribution < 1.29 is 9.53 Å². The van der Waals surface area contributed by atoms with Gasteiger partial charge < -0.3 is 10.1 Å². The van der Waals surface area contributed by atoms with Gasteiger partial charge >= 0.3 is 0 Å². The molecular formula is C23H29ClN4O2. The Morgan fingerprint density at radius 1 is 1.10 bits per heavy atom. The molecule has 0 atom stereocenters. The minimum Gasteiger partial charge on any atom is -0.379 e. The lowest BCUT2D eigenvalue weighted by atomic mass is 10.0. The molecule has 1 aliphatic rings. The van der Waals surface area contributed by atoms with E-state index in [1.54, 1.807) is 24.3 Å². The number of nitrogens with one attached hydrogen (secondary N) is 2. The van der Waals surface area contributed by atoms with Crippen LogP contribution in [-0.4, -0.2) is 56.2 Å². The van der Waals surface area contributed by atoms with E-state index in [1.807, 2.05) is 12.1 Å². The molecule has 1 fully saturated rings. The van der Waals surface area contributed by atoms with Crippen molar-refractivity contribution in [3.05, 3.63) is 64.7 Å². The fourth-order valence-electron chi connectivity index (χ4n) is 3.11. The van der Waals surface area contributed by atoms with Gasteiger partial charge in [-0.15, -0.1) is 0 Å². The number of guanidine groups is 1. The second kappa shape index (κ2) is 11.1. The molecule has 0 unspecified atom stereocenters. The Morgan fingerprint density at radius 3 is 2.40 bits per heavy atom. The molecule has 1 amide bonds. The number of ether oxygens (including phenoxy) is 1. The molecule has 2 aromatic rings. The number of amides is 1. The predicted molar refractivity (Wildman–Crippen MR) is 123 cm³/mol. The first kappa shape index (κ1) is 22.3. The van der Waals surface area contributed by atoms with Crippen molar-refractivity contribution in [1.29, 1.82) is 0 Å². The van der Waals surface area contributed by atoms with Gasteiger partial charge in [0.05, 0.1) is 19.8 Å². The number of nitrogens with zero attached hydrogens (tertiary/aromatic N) is 2. The van der Waals surface area contributed by atoms with E-state index in [4.69, 9.17) is 16.3 Å². The highest BCUT2D eigenvalue weighted by molar-refractivity contribution is 6.30. The molecule has 6 nitrogen and oxygen atoms in total. The van der Waals surface area contributed by atoms with Crippen LogP contribution in [0.3, 0.4) is 0 Å². The number of carbonyl (C=O) groups excluding carboxylic acids is 1. The van der Waals surface area contributed by atoms with E-state index in [0.717, 1.165) is 38.5 Å². The van der Waals surface area contributed by atoms with Crippen LogP contribution in [0.2, 0.25) is 5.02 Å². The molecule has 1 saturated heterocycles. The van der Waals surface area contributed by atoms with Crippen LogP contribution >= 0.6 is 11.6 Å². The standard InChI is InChI=1S/C23H29ClN4O2/c1-17(2)18-5-9-21(10-6-18)26-23(25-11-12-28-13-15-30-16-14-28)27-22(29)19-3-7-20(24)8-4-19/h3-10,17H,11-16H2,1-2H3,(H2,25,26,27,29). The van der Waals surface area contributed by atoms with Crippen LogP contribution < -0.4 is 10.6 Å². The molecule has 0 aromatic heterocycles. The van der Waals surface area contributed by atoms with E-state index in [1.165, 1.54) is 5.56 Å². The third kappa shape index (κ3) is 6.83. The van der Waals surface area contributed by atoms with Gasteiger partial charge in [-0.05, 0) is 47.9 Å². The lowest BCUT2D eigenvalue weighted by molar-refractivity contribution is 0.0394. The Hall–Kier alpha value is -2.41. The number of halogens is 1. The molecule has 0 radical (unpaired) electrons. The van der Waals surface area contributed by atoms with Crippen LogP contribution in [0, 0.1) is 0 Å². The van der Waals surface area contributed by atoms with Crippen LogP contribution in [0.4, 0.5) is 5.69 Å². The van der Waals surface area contributed by atoms with Crippen LogP contribution in [0.5, 0.6) is 0 Å². The molecule has 160 valence electrons. The molecular weight excluding hydrogens is 400 g/mol. The number of hydrogen-bond donors (Lipinski definition) is 2. The largest absolute Gasteiger partial charge is 0.379 e. The van der Waals surface area contributed by atoms with Gasteiger partial charge in [-0.2, -0.15) is 0 Å². The molecule has 0 bridgehead atoms. The van der Waals surface area contributed by atoms with Crippen molar-refractivity contribution in [2.45, 2.75) is 19.8 Å². The summed E-state index contributed by atoms with van der Waals surface area (Å²) < 4.78 is 5.39. The summed E-state index contributed by atoms with van der Waals surface area (Å²) in [6.07, 6.45) is 0. The quantitative estimate of drug-likeness (QED) is 0.539. The Balaban J connectivity index is 1.68. The number of anilines is 1. The van der Waals surface area contributed by atoms with Crippen molar-refractivity contribution in [3.8, 4) is 0 Å². The van der Waals surface area contributed by atoms with Gasteiger partial charge in [0.2, 0.25) is 5.96 Å². The summed E-state index contributed by atoms with van der Waals surface area (Å²) in [5.74, 6) is 0.661. The molecule has 1 heterocycles. The van der Waals surface area contributed by atoms with E-state index in [0.29, 0.717) is 29.0 Å². The Kier molecular flexibility index (Phi) is 8.25. The van der Waals surface area contributed by atoms with Gasteiger partial charge in [0.15, 0.2) is 0 Å². The number of benzene rings is 2. The lowest BCUT2D eigenvalue weighted by Crippen LogP contribution is -2.39. The van der Waals surface area contributed by atoms with E-state index in [-0.39, 0.29) is 5.91 Å².